The summed E-state index contributed by atoms with van der Waals surface area (Å²) in [4.78, 5) is 19.0. The van der Waals surface area contributed by atoms with Gasteiger partial charge in [0.25, 0.3) is 5.91 Å². The van der Waals surface area contributed by atoms with E-state index >= 15 is 0 Å². The van der Waals surface area contributed by atoms with Crippen LogP contribution < -0.4 is 4.74 Å². The summed E-state index contributed by atoms with van der Waals surface area (Å²) in [6, 6.07) is 21.1. The minimum Gasteiger partial charge on any atom is -0.481 e. The molecule has 1 aromatic heterocycles. The second-order valence-electron chi connectivity index (χ2n) is 6.57. The number of nitrogens with zero attached hydrogens (tertiary/aromatic N) is 2. The van der Waals surface area contributed by atoms with E-state index < -0.39 is 6.10 Å². The van der Waals surface area contributed by atoms with Crippen LogP contribution in [-0.2, 0) is 17.8 Å². The summed E-state index contributed by atoms with van der Waals surface area (Å²) in [5.41, 5.74) is 2.23. The van der Waals surface area contributed by atoms with Crippen molar-refractivity contribution < 1.29 is 9.53 Å². The fourth-order valence-corrected chi connectivity index (χ4v) is 3.12. The van der Waals surface area contributed by atoms with Gasteiger partial charge in [0.2, 0.25) is 0 Å². The van der Waals surface area contributed by atoms with E-state index in [0.717, 1.165) is 12.0 Å². The second-order valence-corrected chi connectivity index (χ2v) is 7.00. The lowest BCUT2D eigenvalue weighted by molar-refractivity contribution is -0.138. The van der Waals surface area contributed by atoms with Crippen LogP contribution in [0.2, 0.25) is 5.02 Å². The molecule has 3 rings (SSSR count). The number of hydrogen-bond acceptors (Lipinski definition) is 3. The van der Waals surface area contributed by atoms with Crippen molar-refractivity contribution in [3.63, 3.8) is 0 Å². The fourth-order valence-electron chi connectivity index (χ4n) is 2.94. The lowest BCUT2D eigenvalue weighted by Crippen LogP contribution is -2.41. The number of hydrogen-bond donors (Lipinski definition) is 0. The monoisotopic (exact) mass is 394 g/mol. The summed E-state index contributed by atoms with van der Waals surface area (Å²) in [6.45, 7) is 2.89. The Morgan fingerprint density at radius 2 is 1.79 bits per heavy atom. The Hall–Kier alpha value is -2.85. The van der Waals surface area contributed by atoms with Crippen LogP contribution in [0.25, 0.3) is 0 Å². The Morgan fingerprint density at radius 3 is 2.50 bits per heavy atom. The van der Waals surface area contributed by atoms with Gasteiger partial charge < -0.3 is 9.64 Å². The van der Waals surface area contributed by atoms with Crippen molar-refractivity contribution in [1.82, 2.24) is 9.88 Å². The third-order valence-electron chi connectivity index (χ3n) is 4.40. The molecule has 1 heterocycles. The lowest BCUT2D eigenvalue weighted by Gasteiger charge is -2.26. The van der Waals surface area contributed by atoms with E-state index in [2.05, 4.69) is 17.1 Å². The number of ether oxygens (including phenoxy) is 1. The van der Waals surface area contributed by atoms with Gasteiger partial charge in [-0.3, -0.25) is 9.78 Å². The summed E-state index contributed by atoms with van der Waals surface area (Å²) in [6.07, 6.45) is 3.64. The summed E-state index contributed by atoms with van der Waals surface area (Å²) in [5, 5.41) is 0.579. The lowest BCUT2D eigenvalue weighted by atomic mass is 10.1. The first-order valence-electron chi connectivity index (χ1n) is 9.25. The molecule has 4 nitrogen and oxygen atoms in total. The molecule has 0 aliphatic carbocycles. The van der Waals surface area contributed by atoms with Gasteiger partial charge >= 0.3 is 0 Å². The molecule has 28 heavy (non-hydrogen) atoms. The number of pyridine rings is 1. The quantitative estimate of drug-likeness (QED) is 0.552. The van der Waals surface area contributed by atoms with Crippen molar-refractivity contribution in [2.24, 2.45) is 0 Å². The van der Waals surface area contributed by atoms with Gasteiger partial charge in [0.1, 0.15) is 5.75 Å². The molecular weight excluding hydrogens is 372 g/mol. The van der Waals surface area contributed by atoms with Gasteiger partial charge in [0.15, 0.2) is 6.10 Å². The van der Waals surface area contributed by atoms with E-state index in [4.69, 9.17) is 16.3 Å². The summed E-state index contributed by atoms with van der Waals surface area (Å²) in [5.74, 6) is 0.521. The molecule has 0 saturated heterocycles. The number of carbonyl (C=O) groups excluding carboxylic acids is 1. The van der Waals surface area contributed by atoms with Crippen LogP contribution in [0.15, 0.2) is 79.1 Å². The Bertz CT molecular complexity index is 887. The third-order valence-corrected chi connectivity index (χ3v) is 4.64. The van der Waals surface area contributed by atoms with Crippen LogP contribution in [0.5, 0.6) is 5.75 Å². The Labute approximate surface area is 170 Å². The van der Waals surface area contributed by atoms with Gasteiger partial charge in [-0.15, -0.1) is 0 Å². The van der Waals surface area contributed by atoms with E-state index in [9.17, 15) is 4.79 Å². The molecule has 144 valence electrons. The van der Waals surface area contributed by atoms with Gasteiger partial charge in [-0.05, 0) is 54.8 Å². The van der Waals surface area contributed by atoms with E-state index in [1.54, 1.807) is 43.6 Å². The molecule has 0 bridgehead atoms. The highest BCUT2D eigenvalue weighted by Crippen LogP contribution is 2.19. The highest BCUT2D eigenvalue weighted by Gasteiger charge is 2.22. The van der Waals surface area contributed by atoms with Crippen molar-refractivity contribution in [3.8, 4) is 5.75 Å². The molecular formula is C23H23ClN2O2. The maximum atomic E-state index is 13.1. The molecule has 3 aromatic rings. The molecule has 0 fully saturated rings. The average molecular weight is 395 g/mol. The standard InChI is InChI=1S/C23H23ClN2O2/c1-18(28-22-9-5-8-21(24)16-22)23(27)26(17-20-10-13-25-14-11-20)15-12-19-6-3-2-4-7-19/h2-11,13-14,16,18H,12,15,17H2,1H3/t18-/m1/s1. The first-order valence-corrected chi connectivity index (χ1v) is 9.63. The number of aromatic nitrogens is 1. The summed E-state index contributed by atoms with van der Waals surface area (Å²) in [7, 11) is 0. The minimum absolute atomic E-state index is 0.0623. The molecule has 0 N–H and O–H groups in total. The fraction of sp³-hybridized carbons (Fsp3) is 0.217. The molecule has 0 saturated carbocycles. The Balaban J connectivity index is 1.71. The number of halogens is 1. The maximum absolute atomic E-state index is 13.1. The predicted molar refractivity (Wildman–Crippen MR) is 111 cm³/mol. The first-order chi connectivity index (χ1) is 13.6. The molecule has 1 atom stereocenters. The predicted octanol–water partition coefficient (Wildman–Crippen LogP) is 4.77. The van der Waals surface area contributed by atoms with Gasteiger partial charge in [-0.2, -0.15) is 0 Å². The van der Waals surface area contributed by atoms with Crippen LogP contribution in [0, 0.1) is 0 Å². The molecule has 1 amide bonds. The normalized spacial score (nSPS) is 11.6. The smallest absolute Gasteiger partial charge is 0.263 e. The molecule has 5 heteroatoms. The van der Waals surface area contributed by atoms with Crippen molar-refractivity contribution in [3.05, 3.63) is 95.3 Å². The molecule has 0 spiro atoms. The van der Waals surface area contributed by atoms with Crippen LogP contribution >= 0.6 is 11.6 Å². The largest absolute Gasteiger partial charge is 0.481 e. The van der Waals surface area contributed by atoms with Crippen molar-refractivity contribution in [2.75, 3.05) is 6.54 Å². The highest BCUT2D eigenvalue weighted by atomic mass is 35.5. The van der Waals surface area contributed by atoms with Crippen LogP contribution in [0.3, 0.4) is 0 Å². The maximum Gasteiger partial charge on any atom is 0.263 e. The van der Waals surface area contributed by atoms with Crippen LogP contribution in [0.4, 0.5) is 0 Å². The number of rotatable bonds is 8. The zero-order valence-corrected chi connectivity index (χ0v) is 16.5. The van der Waals surface area contributed by atoms with Gasteiger partial charge in [-0.1, -0.05) is 48.0 Å². The van der Waals surface area contributed by atoms with Crippen LogP contribution in [0.1, 0.15) is 18.1 Å². The van der Waals surface area contributed by atoms with Gasteiger partial charge in [-0.25, -0.2) is 0 Å². The molecule has 0 unspecified atom stereocenters. The van der Waals surface area contributed by atoms with E-state index in [1.807, 2.05) is 35.2 Å². The summed E-state index contributed by atoms with van der Waals surface area (Å²) < 4.78 is 5.84. The SMILES string of the molecule is C[C@@H](Oc1cccc(Cl)c1)C(=O)N(CCc1ccccc1)Cc1ccncc1. The van der Waals surface area contributed by atoms with Gasteiger partial charge in [0.05, 0.1) is 0 Å². The van der Waals surface area contributed by atoms with E-state index in [1.165, 1.54) is 5.56 Å². The Morgan fingerprint density at radius 1 is 1.04 bits per heavy atom. The number of amides is 1. The summed E-state index contributed by atoms with van der Waals surface area (Å²) >= 11 is 6.01. The van der Waals surface area contributed by atoms with Crippen molar-refractivity contribution in [2.45, 2.75) is 26.0 Å². The minimum atomic E-state index is -0.615. The average Bonchev–Trinajstić information content (AvgIpc) is 2.72. The highest BCUT2D eigenvalue weighted by molar-refractivity contribution is 6.30. The molecule has 2 aromatic carbocycles. The molecule has 0 aliphatic heterocycles. The van der Waals surface area contributed by atoms with Crippen molar-refractivity contribution in [1.29, 1.82) is 0 Å². The van der Waals surface area contributed by atoms with E-state index in [-0.39, 0.29) is 5.91 Å². The first kappa shape index (κ1) is 19.9. The Kier molecular flexibility index (Phi) is 7.04. The third kappa shape index (κ3) is 5.83. The molecule has 0 radical (unpaired) electrons. The number of benzene rings is 2. The zero-order chi connectivity index (χ0) is 19.8. The van der Waals surface area contributed by atoms with E-state index in [0.29, 0.717) is 23.9 Å². The number of carbonyl (C=O) groups is 1. The molecule has 0 aliphatic rings. The van der Waals surface area contributed by atoms with Gasteiger partial charge in [0, 0.05) is 30.5 Å². The second kappa shape index (κ2) is 9.90. The zero-order valence-electron chi connectivity index (χ0n) is 15.8. The topological polar surface area (TPSA) is 42.4 Å². The van der Waals surface area contributed by atoms with Crippen molar-refractivity contribution >= 4 is 17.5 Å². The van der Waals surface area contributed by atoms with Crippen LogP contribution in [-0.4, -0.2) is 28.4 Å².